The maximum atomic E-state index is 12.4. The summed E-state index contributed by atoms with van der Waals surface area (Å²) >= 11 is 0. The number of carbonyl (C=O) groups is 2. The lowest BCUT2D eigenvalue weighted by Crippen LogP contribution is -2.41. The summed E-state index contributed by atoms with van der Waals surface area (Å²) in [6.07, 6.45) is 4.70. The number of hydrogen-bond acceptors (Lipinski definition) is 2. The van der Waals surface area contributed by atoms with Gasteiger partial charge in [0.2, 0.25) is 0 Å². The van der Waals surface area contributed by atoms with Crippen molar-refractivity contribution in [1.29, 1.82) is 0 Å². The zero-order valence-corrected chi connectivity index (χ0v) is 15.2. The van der Waals surface area contributed by atoms with Gasteiger partial charge < -0.3 is 10.6 Å². The van der Waals surface area contributed by atoms with Crippen LogP contribution in [0.5, 0.6) is 0 Å². The average Bonchev–Trinajstić information content (AvgIpc) is 2.69. The molecule has 2 N–H and O–H groups in total. The maximum absolute atomic E-state index is 12.4. The van der Waals surface area contributed by atoms with Crippen molar-refractivity contribution in [2.45, 2.75) is 45.2 Å². The third kappa shape index (κ3) is 4.72. The van der Waals surface area contributed by atoms with Crippen molar-refractivity contribution in [3.05, 3.63) is 71.3 Å². The molecule has 0 heterocycles. The van der Waals surface area contributed by atoms with Crippen molar-refractivity contribution in [1.82, 2.24) is 10.6 Å². The van der Waals surface area contributed by atoms with Crippen molar-refractivity contribution < 1.29 is 9.59 Å². The first-order valence-electron chi connectivity index (χ1n) is 9.36. The lowest BCUT2D eigenvalue weighted by molar-refractivity contribution is 0.0908. The third-order valence-corrected chi connectivity index (χ3v) is 5.13. The molecule has 1 fully saturated rings. The van der Waals surface area contributed by atoms with Gasteiger partial charge in [-0.2, -0.15) is 0 Å². The number of amides is 2. The van der Waals surface area contributed by atoms with Crippen LogP contribution < -0.4 is 10.6 Å². The van der Waals surface area contributed by atoms with Crippen molar-refractivity contribution in [2.75, 3.05) is 0 Å². The minimum Gasteiger partial charge on any atom is -0.349 e. The van der Waals surface area contributed by atoms with E-state index in [2.05, 4.69) is 17.6 Å². The summed E-state index contributed by atoms with van der Waals surface area (Å²) in [6, 6.07) is 16.9. The van der Waals surface area contributed by atoms with Crippen LogP contribution in [0.2, 0.25) is 0 Å². The molecule has 4 nitrogen and oxygen atoms in total. The zero-order valence-electron chi connectivity index (χ0n) is 15.2. The first kappa shape index (κ1) is 18.2. The van der Waals surface area contributed by atoms with Gasteiger partial charge in [0.25, 0.3) is 11.8 Å². The molecule has 2 amide bonds. The molecule has 2 atom stereocenters. The predicted octanol–water partition coefficient (Wildman–Crippen LogP) is 3.93. The monoisotopic (exact) mass is 350 g/mol. The Labute approximate surface area is 155 Å². The van der Waals surface area contributed by atoms with E-state index in [1.165, 1.54) is 19.3 Å². The Morgan fingerprint density at radius 2 is 1.54 bits per heavy atom. The first-order valence-corrected chi connectivity index (χ1v) is 9.36. The van der Waals surface area contributed by atoms with Gasteiger partial charge in [0, 0.05) is 23.7 Å². The van der Waals surface area contributed by atoms with Gasteiger partial charge in [-0.25, -0.2) is 0 Å². The Kier molecular flexibility index (Phi) is 6.05. The summed E-state index contributed by atoms with van der Waals surface area (Å²) in [6.45, 7) is 2.65. The topological polar surface area (TPSA) is 58.2 Å². The fourth-order valence-corrected chi connectivity index (χ4v) is 3.43. The first-order chi connectivity index (χ1) is 12.6. The average molecular weight is 350 g/mol. The highest BCUT2D eigenvalue weighted by molar-refractivity contribution is 5.95. The molecule has 0 spiro atoms. The largest absolute Gasteiger partial charge is 0.349 e. The fraction of sp³-hybridized carbons (Fsp3) is 0.364. The maximum Gasteiger partial charge on any atom is 0.251 e. The van der Waals surface area contributed by atoms with Gasteiger partial charge in [-0.1, -0.05) is 50.1 Å². The second kappa shape index (κ2) is 8.65. The van der Waals surface area contributed by atoms with Crippen LogP contribution in [-0.4, -0.2) is 17.9 Å². The molecule has 4 heteroatoms. The summed E-state index contributed by atoms with van der Waals surface area (Å²) < 4.78 is 0. The van der Waals surface area contributed by atoms with Crippen LogP contribution in [0.15, 0.2) is 54.6 Å². The summed E-state index contributed by atoms with van der Waals surface area (Å²) in [5.74, 6) is 0.433. The lowest BCUT2D eigenvalue weighted by Gasteiger charge is -2.29. The summed E-state index contributed by atoms with van der Waals surface area (Å²) in [5, 5.41) is 6.06. The minimum absolute atomic E-state index is 0.0105. The number of carbonyl (C=O) groups excluding carboxylic acids is 2. The lowest BCUT2D eigenvalue weighted by atomic mass is 9.86. The normalized spacial score (nSPS) is 19.6. The predicted molar refractivity (Wildman–Crippen MR) is 103 cm³/mol. The smallest absolute Gasteiger partial charge is 0.251 e. The van der Waals surface area contributed by atoms with E-state index in [1.807, 2.05) is 42.5 Å². The van der Waals surface area contributed by atoms with Crippen LogP contribution in [-0.2, 0) is 6.54 Å². The van der Waals surface area contributed by atoms with Crippen LogP contribution >= 0.6 is 0 Å². The van der Waals surface area contributed by atoms with E-state index < -0.39 is 0 Å². The summed E-state index contributed by atoms with van der Waals surface area (Å²) in [7, 11) is 0. The molecule has 0 saturated heterocycles. The van der Waals surface area contributed by atoms with Gasteiger partial charge in [-0.3, -0.25) is 9.59 Å². The van der Waals surface area contributed by atoms with E-state index >= 15 is 0 Å². The van der Waals surface area contributed by atoms with Crippen LogP contribution in [0, 0.1) is 5.92 Å². The molecule has 2 aromatic carbocycles. The quantitative estimate of drug-likeness (QED) is 0.858. The number of rotatable bonds is 5. The minimum atomic E-state index is -0.0984. The second-order valence-electron chi connectivity index (χ2n) is 7.09. The molecule has 0 aliphatic heterocycles. The standard InChI is InChI=1S/C22H26N2O2/c1-16-7-5-6-10-20(16)24-22(26)19-13-11-17(12-14-19)15-23-21(25)18-8-3-2-4-9-18/h2-4,8-9,11-14,16,20H,5-7,10,15H2,1H3,(H,23,25)(H,24,26). The molecule has 3 rings (SSSR count). The van der Waals surface area contributed by atoms with Crippen LogP contribution in [0.1, 0.15) is 58.9 Å². The Morgan fingerprint density at radius 3 is 2.23 bits per heavy atom. The molecule has 2 aromatic rings. The molecule has 0 bridgehead atoms. The molecule has 2 unspecified atom stereocenters. The number of nitrogens with one attached hydrogen (secondary N) is 2. The second-order valence-corrected chi connectivity index (χ2v) is 7.09. The Balaban J connectivity index is 1.53. The van der Waals surface area contributed by atoms with Gasteiger partial charge >= 0.3 is 0 Å². The van der Waals surface area contributed by atoms with Crippen molar-refractivity contribution in [3.63, 3.8) is 0 Å². The Morgan fingerprint density at radius 1 is 0.885 bits per heavy atom. The highest BCUT2D eigenvalue weighted by Gasteiger charge is 2.23. The summed E-state index contributed by atoms with van der Waals surface area (Å²) in [4.78, 5) is 24.5. The highest BCUT2D eigenvalue weighted by atomic mass is 16.2. The Hall–Kier alpha value is -2.62. The van der Waals surface area contributed by atoms with Gasteiger partial charge in [0.1, 0.15) is 0 Å². The molecule has 1 aliphatic rings. The van der Waals surface area contributed by atoms with E-state index in [0.29, 0.717) is 23.6 Å². The molecule has 136 valence electrons. The molecule has 0 aromatic heterocycles. The van der Waals surface area contributed by atoms with Gasteiger partial charge in [0.05, 0.1) is 0 Å². The zero-order chi connectivity index (χ0) is 18.4. The van der Waals surface area contributed by atoms with E-state index in [4.69, 9.17) is 0 Å². The van der Waals surface area contributed by atoms with E-state index in [0.717, 1.165) is 12.0 Å². The molecule has 1 saturated carbocycles. The van der Waals surface area contributed by atoms with Crippen LogP contribution in [0.3, 0.4) is 0 Å². The Bertz CT molecular complexity index is 740. The van der Waals surface area contributed by atoms with Gasteiger partial charge in [0.15, 0.2) is 0 Å². The number of hydrogen-bond donors (Lipinski definition) is 2. The fourth-order valence-electron chi connectivity index (χ4n) is 3.43. The van der Waals surface area contributed by atoms with Gasteiger partial charge in [-0.15, -0.1) is 0 Å². The van der Waals surface area contributed by atoms with E-state index in [1.54, 1.807) is 12.1 Å². The van der Waals surface area contributed by atoms with Crippen molar-refractivity contribution in [2.24, 2.45) is 5.92 Å². The van der Waals surface area contributed by atoms with Crippen LogP contribution in [0.25, 0.3) is 0 Å². The van der Waals surface area contributed by atoms with Crippen LogP contribution in [0.4, 0.5) is 0 Å². The third-order valence-electron chi connectivity index (χ3n) is 5.13. The number of benzene rings is 2. The van der Waals surface area contributed by atoms with E-state index in [-0.39, 0.29) is 17.9 Å². The molecule has 1 aliphatic carbocycles. The molecule has 26 heavy (non-hydrogen) atoms. The molecular weight excluding hydrogens is 324 g/mol. The van der Waals surface area contributed by atoms with Crippen molar-refractivity contribution >= 4 is 11.8 Å². The summed E-state index contributed by atoms with van der Waals surface area (Å²) in [5.41, 5.74) is 2.28. The highest BCUT2D eigenvalue weighted by Crippen LogP contribution is 2.24. The van der Waals surface area contributed by atoms with Gasteiger partial charge in [-0.05, 0) is 48.6 Å². The van der Waals surface area contributed by atoms with E-state index in [9.17, 15) is 9.59 Å². The van der Waals surface area contributed by atoms with Crippen molar-refractivity contribution in [3.8, 4) is 0 Å². The molecular formula is C22H26N2O2. The molecule has 0 radical (unpaired) electrons. The SMILES string of the molecule is CC1CCCCC1NC(=O)c1ccc(CNC(=O)c2ccccc2)cc1.